The SMILES string of the molecule is COCCc1ccccc1.CON(OC)OC. The summed E-state index contributed by atoms with van der Waals surface area (Å²) >= 11 is 0. The van der Waals surface area contributed by atoms with Gasteiger partial charge in [-0.15, -0.1) is 0 Å². The quantitative estimate of drug-likeness (QED) is 0.713. The van der Waals surface area contributed by atoms with Gasteiger partial charge in [-0.3, -0.25) is 14.5 Å². The Morgan fingerprint density at radius 3 is 1.76 bits per heavy atom. The first kappa shape index (κ1) is 16.0. The zero-order valence-corrected chi connectivity index (χ0v) is 10.9. The normalized spacial score (nSPS) is 9.94. The van der Waals surface area contributed by atoms with E-state index in [2.05, 4.69) is 26.6 Å². The predicted octanol–water partition coefficient (Wildman–Crippen LogP) is 1.85. The second-order valence-electron chi connectivity index (χ2n) is 3.00. The van der Waals surface area contributed by atoms with Crippen molar-refractivity contribution in [2.45, 2.75) is 6.42 Å². The van der Waals surface area contributed by atoms with Crippen LogP contribution in [0.25, 0.3) is 0 Å². The highest BCUT2D eigenvalue weighted by Gasteiger charge is 1.92. The Hall–Kier alpha value is -0.980. The summed E-state index contributed by atoms with van der Waals surface area (Å²) in [5, 5.41) is 0.875. The van der Waals surface area contributed by atoms with Crippen LogP contribution in [0.2, 0.25) is 0 Å². The third-order valence-electron chi connectivity index (χ3n) is 1.88. The van der Waals surface area contributed by atoms with Gasteiger partial charge in [-0.2, -0.15) is 0 Å². The lowest BCUT2D eigenvalue weighted by atomic mass is 10.2. The predicted molar refractivity (Wildman–Crippen MR) is 64.9 cm³/mol. The summed E-state index contributed by atoms with van der Waals surface area (Å²) in [6.45, 7) is 0.810. The maximum atomic E-state index is 4.95. The van der Waals surface area contributed by atoms with E-state index in [0.29, 0.717) is 0 Å². The molecule has 0 aliphatic heterocycles. The molecule has 0 spiro atoms. The van der Waals surface area contributed by atoms with Crippen molar-refractivity contribution < 1.29 is 19.2 Å². The van der Waals surface area contributed by atoms with E-state index in [1.807, 2.05) is 18.2 Å². The van der Waals surface area contributed by atoms with Crippen molar-refractivity contribution in [3.63, 3.8) is 0 Å². The van der Waals surface area contributed by atoms with Gasteiger partial charge in [0.1, 0.15) is 0 Å². The number of methoxy groups -OCH3 is 1. The molecule has 0 aliphatic carbocycles. The number of hydrogen-bond donors (Lipinski definition) is 0. The minimum Gasteiger partial charge on any atom is -0.384 e. The number of rotatable bonds is 6. The van der Waals surface area contributed by atoms with Crippen LogP contribution in [0.5, 0.6) is 0 Å². The van der Waals surface area contributed by atoms with Gasteiger partial charge >= 0.3 is 0 Å². The Balaban J connectivity index is 0.000000325. The molecule has 0 fully saturated rings. The van der Waals surface area contributed by atoms with Crippen molar-refractivity contribution in [1.82, 2.24) is 5.39 Å². The summed E-state index contributed by atoms with van der Waals surface area (Å²) in [6.07, 6.45) is 1.01. The van der Waals surface area contributed by atoms with Gasteiger partial charge in [-0.25, -0.2) is 0 Å². The van der Waals surface area contributed by atoms with Gasteiger partial charge < -0.3 is 4.74 Å². The molecular weight excluding hydrogens is 222 g/mol. The fourth-order valence-corrected chi connectivity index (χ4v) is 1.09. The van der Waals surface area contributed by atoms with E-state index in [1.165, 1.54) is 26.9 Å². The average Bonchev–Trinajstić information content (AvgIpc) is 2.40. The lowest BCUT2D eigenvalue weighted by Gasteiger charge is -2.10. The zero-order valence-electron chi connectivity index (χ0n) is 10.9. The first-order valence-electron chi connectivity index (χ1n) is 5.23. The Labute approximate surface area is 103 Å². The maximum Gasteiger partial charge on any atom is 0.0758 e. The fraction of sp³-hybridized carbons (Fsp3) is 0.500. The summed E-state index contributed by atoms with van der Waals surface area (Å²) < 4.78 is 4.95. The number of benzene rings is 1. The van der Waals surface area contributed by atoms with Crippen LogP contribution in [-0.4, -0.2) is 40.4 Å². The van der Waals surface area contributed by atoms with E-state index in [9.17, 15) is 0 Å². The summed E-state index contributed by atoms with van der Waals surface area (Å²) in [5.74, 6) is 0. The Morgan fingerprint density at radius 1 is 0.882 bits per heavy atom. The van der Waals surface area contributed by atoms with Crippen molar-refractivity contribution in [2.24, 2.45) is 0 Å². The van der Waals surface area contributed by atoms with E-state index < -0.39 is 0 Å². The number of ether oxygens (including phenoxy) is 1. The second-order valence-corrected chi connectivity index (χ2v) is 3.00. The van der Waals surface area contributed by atoms with Gasteiger partial charge in [0.15, 0.2) is 0 Å². The number of hydrogen-bond acceptors (Lipinski definition) is 5. The first-order valence-corrected chi connectivity index (χ1v) is 5.23. The molecule has 1 rings (SSSR count). The Morgan fingerprint density at radius 2 is 1.41 bits per heavy atom. The molecule has 0 heterocycles. The van der Waals surface area contributed by atoms with Crippen molar-refractivity contribution in [3.8, 4) is 0 Å². The zero-order chi connectivity index (χ0) is 12.9. The van der Waals surface area contributed by atoms with Gasteiger partial charge in [0, 0.05) is 7.11 Å². The van der Waals surface area contributed by atoms with E-state index in [1.54, 1.807) is 7.11 Å². The molecule has 5 heteroatoms. The monoisotopic (exact) mass is 243 g/mol. The molecule has 0 bridgehead atoms. The molecule has 98 valence electrons. The van der Waals surface area contributed by atoms with Crippen LogP contribution < -0.4 is 0 Å². The molecule has 0 aromatic heterocycles. The second kappa shape index (κ2) is 11.5. The molecule has 5 nitrogen and oxygen atoms in total. The molecule has 17 heavy (non-hydrogen) atoms. The Kier molecular flexibility index (Phi) is 10.8. The van der Waals surface area contributed by atoms with Crippen molar-refractivity contribution >= 4 is 0 Å². The summed E-state index contributed by atoms with van der Waals surface area (Å²) in [4.78, 5) is 13.3. The molecule has 0 aliphatic rings. The summed E-state index contributed by atoms with van der Waals surface area (Å²) in [7, 11) is 6.04. The maximum absolute atomic E-state index is 4.95. The fourth-order valence-electron chi connectivity index (χ4n) is 1.09. The molecule has 0 amide bonds. The van der Waals surface area contributed by atoms with E-state index in [-0.39, 0.29) is 0 Å². The average molecular weight is 243 g/mol. The van der Waals surface area contributed by atoms with Gasteiger partial charge in [-0.1, -0.05) is 30.3 Å². The molecule has 0 saturated carbocycles. The topological polar surface area (TPSA) is 40.2 Å². The first-order chi connectivity index (χ1) is 8.28. The Bertz CT molecular complexity index is 246. The molecule has 0 radical (unpaired) electrons. The van der Waals surface area contributed by atoms with Crippen LogP contribution in [0.15, 0.2) is 30.3 Å². The molecule has 1 aromatic rings. The van der Waals surface area contributed by atoms with E-state index in [0.717, 1.165) is 18.4 Å². The molecule has 0 atom stereocenters. The molecule has 0 unspecified atom stereocenters. The van der Waals surface area contributed by atoms with Crippen LogP contribution in [0.4, 0.5) is 0 Å². The highest BCUT2D eigenvalue weighted by molar-refractivity contribution is 5.14. The molecule has 0 saturated heterocycles. The van der Waals surface area contributed by atoms with Crippen LogP contribution >= 0.6 is 0 Å². The number of nitrogens with zero attached hydrogens (tertiary/aromatic N) is 1. The van der Waals surface area contributed by atoms with Crippen molar-refractivity contribution in [3.05, 3.63) is 35.9 Å². The third kappa shape index (κ3) is 8.79. The van der Waals surface area contributed by atoms with Gasteiger partial charge in [0.25, 0.3) is 0 Å². The van der Waals surface area contributed by atoms with Crippen LogP contribution in [0.1, 0.15) is 5.56 Å². The highest BCUT2D eigenvalue weighted by Crippen LogP contribution is 1.98. The van der Waals surface area contributed by atoms with Gasteiger partial charge in [0.05, 0.1) is 33.3 Å². The molecule has 1 aromatic carbocycles. The third-order valence-corrected chi connectivity index (χ3v) is 1.88. The van der Waals surface area contributed by atoms with Crippen LogP contribution in [-0.2, 0) is 25.7 Å². The summed E-state index contributed by atoms with van der Waals surface area (Å²) in [6, 6.07) is 10.3. The van der Waals surface area contributed by atoms with Gasteiger partial charge in [0.2, 0.25) is 0 Å². The minimum absolute atomic E-state index is 0.810. The molecule has 0 N–H and O–H groups in total. The van der Waals surface area contributed by atoms with Crippen LogP contribution in [0.3, 0.4) is 0 Å². The molecular formula is C12H21NO4. The van der Waals surface area contributed by atoms with Crippen molar-refractivity contribution in [2.75, 3.05) is 35.0 Å². The highest BCUT2D eigenvalue weighted by atomic mass is 17.2. The summed E-state index contributed by atoms with van der Waals surface area (Å²) in [5.41, 5.74) is 1.34. The largest absolute Gasteiger partial charge is 0.384 e. The minimum atomic E-state index is 0.810. The smallest absolute Gasteiger partial charge is 0.0758 e. The van der Waals surface area contributed by atoms with E-state index in [4.69, 9.17) is 4.74 Å². The standard InChI is InChI=1S/C9H12O.C3H9NO3/c1-10-8-7-9-5-3-2-4-6-9;1-5-4(6-2)7-3/h2-6H,7-8H2,1H3;1-3H3. The van der Waals surface area contributed by atoms with Crippen molar-refractivity contribution in [1.29, 1.82) is 0 Å². The van der Waals surface area contributed by atoms with Gasteiger partial charge in [-0.05, 0) is 12.0 Å². The lowest BCUT2D eigenvalue weighted by molar-refractivity contribution is -0.502. The van der Waals surface area contributed by atoms with Crippen LogP contribution in [0, 0.1) is 0 Å². The van der Waals surface area contributed by atoms with E-state index >= 15 is 0 Å². The lowest BCUT2D eigenvalue weighted by Crippen LogP contribution is -2.18.